The Balaban J connectivity index is 1.67. The highest BCUT2D eigenvalue weighted by molar-refractivity contribution is 6.22. The van der Waals surface area contributed by atoms with Crippen LogP contribution in [0.5, 0.6) is 5.75 Å². The standard InChI is InChI=1S/C31H31F6NO6/c1-16(9-17-5-3-4-6-24(17)40)7-8-25(41)26-18(15-44-2)10-22-27(23(26)14-39)29(43)38(28(22)42)21-12-19(30(32,33)34)11-20(13-21)31(35,36)37/h3-6,9,11-13,22-23,25,27,39-41H,7-8,10,14-15H2,1-2H3/b16-9+/t22-,23+,25-,27-/m1/s1. The van der Waals surface area contributed by atoms with Gasteiger partial charge in [0.1, 0.15) is 5.75 Å². The van der Waals surface area contributed by atoms with E-state index in [9.17, 15) is 51.3 Å². The van der Waals surface area contributed by atoms with E-state index in [1.165, 1.54) is 13.2 Å². The normalized spacial score (nSPS) is 22.1. The van der Waals surface area contributed by atoms with Gasteiger partial charge in [0, 0.05) is 18.6 Å². The zero-order chi connectivity index (χ0) is 32.6. The van der Waals surface area contributed by atoms with Crippen molar-refractivity contribution in [2.75, 3.05) is 25.2 Å². The first kappa shape index (κ1) is 33.2. The van der Waals surface area contributed by atoms with E-state index < -0.39 is 71.4 Å². The molecule has 1 aliphatic carbocycles. The molecule has 4 atom stereocenters. The number of benzene rings is 2. The molecule has 4 rings (SSSR count). The van der Waals surface area contributed by atoms with Crippen molar-refractivity contribution >= 4 is 23.6 Å². The Morgan fingerprint density at radius 3 is 2.20 bits per heavy atom. The van der Waals surface area contributed by atoms with Crippen LogP contribution in [0.15, 0.2) is 59.2 Å². The predicted molar refractivity (Wildman–Crippen MR) is 147 cm³/mol. The fraction of sp³-hybridized carbons (Fsp3) is 0.419. The number of phenolic OH excluding ortho intramolecular Hbond substituents is 1. The molecule has 0 radical (unpaired) electrons. The molecule has 2 aliphatic rings. The maximum Gasteiger partial charge on any atom is 0.416 e. The van der Waals surface area contributed by atoms with Gasteiger partial charge in [-0.2, -0.15) is 26.3 Å². The van der Waals surface area contributed by atoms with Gasteiger partial charge in [0.25, 0.3) is 0 Å². The number of carbonyl (C=O) groups excluding carboxylic acids is 2. The quantitative estimate of drug-likeness (QED) is 0.186. The van der Waals surface area contributed by atoms with Crippen molar-refractivity contribution in [1.82, 2.24) is 0 Å². The molecule has 0 saturated carbocycles. The first-order valence-electron chi connectivity index (χ1n) is 13.7. The third kappa shape index (κ3) is 6.69. The fourth-order valence-electron chi connectivity index (χ4n) is 6.06. The summed E-state index contributed by atoms with van der Waals surface area (Å²) < 4.78 is 86.4. The van der Waals surface area contributed by atoms with Gasteiger partial charge in [0.15, 0.2) is 0 Å². The van der Waals surface area contributed by atoms with Gasteiger partial charge >= 0.3 is 12.4 Å². The Morgan fingerprint density at radius 1 is 1.05 bits per heavy atom. The number of methoxy groups -OCH3 is 1. The molecule has 2 aromatic rings. The number of aliphatic hydroxyl groups is 2. The molecule has 238 valence electrons. The minimum absolute atomic E-state index is 0.0632. The number of carbonyl (C=O) groups is 2. The first-order valence-corrected chi connectivity index (χ1v) is 13.7. The number of hydrogen-bond donors (Lipinski definition) is 3. The van der Waals surface area contributed by atoms with Gasteiger partial charge in [-0.1, -0.05) is 29.8 Å². The molecule has 1 heterocycles. The lowest BCUT2D eigenvalue weighted by Crippen LogP contribution is -2.39. The lowest BCUT2D eigenvalue weighted by molar-refractivity contribution is -0.143. The molecule has 2 aromatic carbocycles. The molecule has 0 bridgehead atoms. The molecule has 1 saturated heterocycles. The average molecular weight is 628 g/mol. The van der Waals surface area contributed by atoms with E-state index in [1.54, 1.807) is 31.2 Å². The topological polar surface area (TPSA) is 107 Å². The summed E-state index contributed by atoms with van der Waals surface area (Å²) >= 11 is 0. The van der Waals surface area contributed by atoms with Crippen molar-refractivity contribution in [3.05, 3.63) is 75.9 Å². The lowest BCUT2D eigenvalue weighted by Gasteiger charge is -2.36. The van der Waals surface area contributed by atoms with Crippen LogP contribution in [-0.2, 0) is 26.7 Å². The summed E-state index contributed by atoms with van der Waals surface area (Å²) in [4.78, 5) is 27.4. The summed E-state index contributed by atoms with van der Waals surface area (Å²) in [6.45, 7) is 0.962. The molecule has 0 unspecified atom stereocenters. The van der Waals surface area contributed by atoms with E-state index >= 15 is 0 Å². The van der Waals surface area contributed by atoms with Crippen molar-refractivity contribution in [3.8, 4) is 5.75 Å². The van der Waals surface area contributed by atoms with Crippen LogP contribution < -0.4 is 4.90 Å². The van der Waals surface area contributed by atoms with Crippen LogP contribution in [0.2, 0.25) is 0 Å². The monoisotopic (exact) mass is 627 g/mol. The number of imide groups is 1. The minimum Gasteiger partial charge on any atom is -0.507 e. The average Bonchev–Trinajstić information content (AvgIpc) is 3.20. The van der Waals surface area contributed by atoms with Crippen molar-refractivity contribution in [2.24, 2.45) is 17.8 Å². The molecular weight excluding hydrogens is 596 g/mol. The number of allylic oxidation sites excluding steroid dienone is 1. The maximum atomic E-state index is 13.6. The highest BCUT2D eigenvalue weighted by atomic mass is 19.4. The van der Waals surface area contributed by atoms with Crippen molar-refractivity contribution in [1.29, 1.82) is 0 Å². The van der Waals surface area contributed by atoms with Crippen LogP contribution in [0.4, 0.5) is 32.0 Å². The molecule has 0 spiro atoms. The Morgan fingerprint density at radius 2 is 1.66 bits per heavy atom. The molecule has 44 heavy (non-hydrogen) atoms. The maximum absolute atomic E-state index is 13.6. The largest absolute Gasteiger partial charge is 0.507 e. The van der Waals surface area contributed by atoms with Crippen LogP contribution in [0.3, 0.4) is 0 Å². The van der Waals surface area contributed by atoms with Crippen molar-refractivity contribution in [3.63, 3.8) is 0 Å². The third-order valence-corrected chi connectivity index (χ3v) is 8.04. The number of amides is 2. The molecule has 0 aromatic heterocycles. The van der Waals surface area contributed by atoms with Gasteiger partial charge in [-0.3, -0.25) is 9.59 Å². The second-order valence-corrected chi connectivity index (χ2v) is 11.0. The van der Waals surface area contributed by atoms with Gasteiger partial charge in [0.2, 0.25) is 11.8 Å². The molecule has 7 nitrogen and oxygen atoms in total. The molecule has 2 amide bonds. The number of anilines is 1. The summed E-state index contributed by atoms with van der Waals surface area (Å²) in [5, 5.41) is 31.7. The van der Waals surface area contributed by atoms with Crippen LogP contribution in [-0.4, -0.2) is 53.6 Å². The number of nitrogens with zero attached hydrogens (tertiary/aromatic N) is 1. The summed E-state index contributed by atoms with van der Waals surface area (Å²) in [7, 11) is 1.35. The number of rotatable bonds is 9. The molecule has 1 fully saturated rings. The Labute approximate surface area is 249 Å². The van der Waals surface area contributed by atoms with E-state index in [1.807, 2.05) is 0 Å². The van der Waals surface area contributed by atoms with Crippen LogP contribution in [0, 0.1) is 17.8 Å². The number of phenols is 1. The number of hydrogen-bond acceptors (Lipinski definition) is 6. The number of alkyl halides is 6. The first-order chi connectivity index (χ1) is 20.6. The highest BCUT2D eigenvalue weighted by Crippen LogP contribution is 2.48. The van der Waals surface area contributed by atoms with E-state index in [0.29, 0.717) is 34.6 Å². The number of aliphatic hydroxyl groups excluding tert-OH is 2. The second kappa shape index (κ2) is 12.7. The van der Waals surface area contributed by atoms with E-state index in [-0.39, 0.29) is 36.8 Å². The molecule has 3 N–H and O–H groups in total. The van der Waals surface area contributed by atoms with Crippen molar-refractivity contribution in [2.45, 2.75) is 44.6 Å². The molecule has 1 aliphatic heterocycles. The zero-order valence-corrected chi connectivity index (χ0v) is 23.7. The summed E-state index contributed by atoms with van der Waals surface area (Å²) in [5.41, 5.74) is -2.24. The smallest absolute Gasteiger partial charge is 0.416 e. The van der Waals surface area contributed by atoms with Crippen LogP contribution in [0.1, 0.15) is 42.9 Å². The Kier molecular flexibility index (Phi) is 9.62. The van der Waals surface area contributed by atoms with Gasteiger partial charge in [-0.15, -0.1) is 0 Å². The van der Waals surface area contributed by atoms with Gasteiger partial charge in [-0.05, 0) is 61.6 Å². The summed E-state index contributed by atoms with van der Waals surface area (Å²) in [6, 6.07) is 7.16. The number of fused-ring (bicyclic) bond motifs is 1. The second-order valence-electron chi connectivity index (χ2n) is 11.0. The fourth-order valence-corrected chi connectivity index (χ4v) is 6.06. The number of para-hydroxylation sites is 1. The minimum atomic E-state index is -5.20. The van der Waals surface area contributed by atoms with Crippen molar-refractivity contribution < 1.29 is 56.0 Å². The molecule has 13 heteroatoms. The SMILES string of the molecule is COCC1=C([C@H](O)CC/C(C)=C/c2ccccc2O)[C@H](CO)[C@@H]2C(=O)N(c3cc(C(F)(F)F)cc(C(F)(F)F)c3)C(=O)[C@@H]2C1. The summed E-state index contributed by atoms with van der Waals surface area (Å²) in [6.07, 6.45) is -9.60. The third-order valence-electron chi connectivity index (χ3n) is 8.04. The van der Waals surface area contributed by atoms with E-state index in [0.717, 1.165) is 5.57 Å². The zero-order valence-electron chi connectivity index (χ0n) is 23.7. The highest BCUT2D eigenvalue weighted by Gasteiger charge is 2.55. The van der Waals surface area contributed by atoms with E-state index in [4.69, 9.17) is 4.74 Å². The van der Waals surface area contributed by atoms with Gasteiger partial charge < -0.3 is 20.1 Å². The summed E-state index contributed by atoms with van der Waals surface area (Å²) in [5.74, 6) is -5.69. The lowest BCUT2D eigenvalue weighted by atomic mass is 9.68. The predicted octanol–water partition coefficient (Wildman–Crippen LogP) is 5.74. The van der Waals surface area contributed by atoms with Gasteiger partial charge in [0.05, 0.1) is 48.0 Å². The Bertz CT molecular complexity index is 1450. The Hall–Kier alpha value is -3.68. The van der Waals surface area contributed by atoms with Crippen LogP contribution >= 0.6 is 0 Å². The van der Waals surface area contributed by atoms with Crippen LogP contribution in [0.25, 0.3) is 6.08 Å². The number of ether oxygens (including phenoxy) is 1. The van der Waals surface area contributed by atoms with Gasteiger partial charge in [-0.25, -0.2) is 4.90 Å². The van der Waals surface area contributed by atoms with E-state index in [2.05, 4.69) is 0 Å². The number of aromatic hydroxyl groups is 1. The number of halogens is 6. The molecular formula is C31H31F6NO6.